The van der Waals surface area contributed by atoms with Crippen LogP contribution in [0.2, 0.25) is 0 Å². The van der Waals surface area contributed by atoms with Crippen LogP contribution >= 0.6 is 0 Å². The van der Waals surface area contributed by atoms with Crippen molar-refractivity contribution in [1.82, 2.24) is 25.5 Å². The van der Waals surface area contributed by atoms with Gasteiger partial charge in [0.2, 0.25) is 5.91 Å². The van der Waals surface area contributed by atoms with E-state index >= 15 is 0 Å². The summed E-state index contributed by atoms with van der Waals surface area (Å²) in [6.07, 6.45) is 13.0. The number of nitrogens with one attached hydrogen (secondary N) is 1. The van der Waals surface area contributed by atoms with E-state index in [9.17, 15) is 4.79 Å². The Balaban J connectivity index is 1.48. The Hall–Kier alpha value is -1.46. The van der Waals surface area contributed by atoms with Crippen LogP contribution < -0.4 is 5.32 Å². The Kier molecular flexibility index (Phi) is 5.40. The fourth-order valence-corrected chi connectivity index (χ4v) is 3.84. The zero-order valence-corrected chi connectivity index (χ0v) is 13.3. The van der Waals surface area contributed by atoms with E-state index in [0.29, 0.717) is 24.9 Å². The topological polar surface area (TPSA) is 72.7 Å². The van der Waals surface area contributed by atoms with Gasteiger partial charge in [0.25, 0.3) is 0 Å². The van der Waals surface area contributed by atoms with Crippen LogP contribution in [0.25, 0.3) is 0 Å². The number of rotatable bonds is 5. The molecule has 0 unspecified atom stereocenters. The Labute approximate surface area is 132 Å². The van der Waals surface area contributed by atoms with E-state index in [1.165, 1.54) is 51.4 Å². The van der Waals surface area contributed by atoms with Crippen LogP contribution in [0, 0.1) is 5.92 Å². The average molecular weight is 305 g/mol. The lowest BCUT2D eigenvalue weighted by molar-refractivity contribution is -0.122. The SMILES string of the molecule is O=C(CC1CCCCC1)NCc1nnnn1C1CCCCC1. The molecule has 1 N–H and O–H groups in total. The zero-order valence-electron chi connectivity index (χ0n) is 13.3. The van der Waals surface area contributed by atoms with Crippen LogP contribution in [0.15, 0.2) is 0 Å². The van der Waals surface area contributed by atoms with Crippen molar-refractivity contribution in [1.29, 1.82) is 0 Å². The van der Waals surface area contributed by atoms with Gasteiger partial charge in [-0.1, -0.05) is 38.5 Å². The Morgan fingerprint density at radius 3 is 2.45 bits per heavy atom. The molecule has 122 valence electrons. The molecule has 1 heterocycles. The first-order valence-corrected chi connectivity index (χ1v) is 8.86. The molecule has 22 heavy (non-hydrogen) atoms. The summed E-state index contributed by atoms with van der Waals surface area (Å²) in [5, 5.41) is 15.0. The highest BCUT2D eigenvalue weighted by Gasteiger charge is 2.21. The van der Waals surface area contributed by atoms with Crippen LogP contribution in [0.3, 0.4) is 0 Å². The van der Waals surface area contributed by atoms with Crippen LogP contribution in [0.4, 0.5) is 0 Å². The minimum Gasteiger partial charge on any atom is -0.349 e. The largest absolute Gasteiger partial charge is 0.349 e. The maximum Gasteiger partial charge on any atom is 0.220 e. The number of hydrogen-bond acceptors (Lipinski definition) is 4. The predicted molar refractivity (Wildman–Crippen MR) is 83.0 cm³/mol. The Morgan fingerprint density at radius 1 is 1.05 bits per heavy atom. The summed E-state index contributed by atoms with van der Waals surface area (Å²) >= 11 is 0. The third kappa shape index (κ3) is 4.05. The summed E-state index contributed by atoms with van der Waals surface area (Å²) in [7, 11) is 0. The molecule has 1 aromatic rings. The molecule has 0 bridgehead atoms. The van der Waals surface area contributed by atoms with Gasteiger partial charge in [-0.25, -0.2) is 4.68 Å². The highest BCUT2D eigenvalue weighted by atomic mass is 16.1. The highest BCUT2D eigenvalue weighted by Crippen LogP contribution is 2.28. The standard InChI is InChI=1S/C16H27N5O/c22-16(11-13-7-3-1-4-8-13)17-12-15-18-19-20-21(15)14-9-5-2-6-10-14/h13-14H,1-12H2,(H,17,22). The Bertz CT molecular complexity index is 475. The monoisotopic (exact) mass is 305 g/mol. The molecule has 1 amide bonds. The quantitative estimate of drug-likeness (QED) is 0.908. The minimum atomic E-state index is 0.144. The van der Waals surface area contributed by atoms with Crippen molar-refractivity contribution < 1.29 is 4.79 Å². The summed E-state index contributed by atoms with van der Waals surface area (Å²) < 4.78 is 1.93. The second kappa shape index (κ2) is 7.70. The normalized spacial score (nSPS) is 20.9. The fraction of sp³-hybridized carbons (Fsp3) is 0.875. The molecule has 0 spiro atoms. The average Bonchev–Trinajstić information content (AvgIpc) is 3.03. The van der Waals surface area contributed by atoms with Gasteiger partial charge < -0.3 is 5.32 Å². The van der Waals surface area contributed by atoms with Crippen LogP contribution in [0.1, 0.15) is 82.5 Å². The predicted octanol–water partition coefficient (Wildman–Crippen LogP) is 2.76. The van der Waals surface area contributed by atoms with Gasteiger partial charge >= 0.3 is 0 Å². The van der Waals surface area contributed by atoms with Crippen LogP contribution in [0.5, 0.6) is 0 Å². The number of carbonyl (C=O) groups excluding carboxylic acids is 1. The van der Waals surface area contributed by atoms with Crippen molar-refractivity contribution in [2.45, 2.75) is 83.2 Å². The van der Waals surface area contributed by atoms with Gasteiger partial charge in [-0.05, 0) is 42.0 Å². The van der Waals surface area contributed by atoms with Crippen molar-refractivity contribution in [3.8, 4) is 0 Å². The molecule has 0 aromatic carbocycles. The van der Waals surface area contributed by atoms with Gasteiger partial charge in [-0.2, -0.15) is 0 Å². The summed E-state index contributed by atoms with van der Waals surface area (Å²) in [5.41, 5.74) is 0. The van der Waals surface area contributed by atoms with E-state index in [1.54, 1.807) is 0 Å². The Morgan fingerprint density at radius 2 is 1.73 bits per heavy atom. The van der Waals surface area contributed by atoms with Crippen LogP contribution in [-0.2, 0) is 11.3 Å². The summed E-state index contributed by atoms with van der Waals surface area (Å²) in [5.74, 6) is 1.51. The van der Waals surface area contributed by atoms with E-state index in [-0.39, 0.29) is 5.91 Å². The summed E-state index contributed by atoms with van der Waals surface area (Å²) in [4.78, 5) is 12.1. The lowest BCUT2D eigenvalue weighted by Crippen LogP contribution is -2.28. The molecule has 2 fully saturated rings. The molecule has 2 aliphatic rings. The summed E-state index contributed by atoms with van der Waals surface area (Å²) in [6, 6.07) is 0.411. The van der Waals surface area contributed by atoms with Crippen molar-refractivity contribution in [2.24, 2.45) is 5.92 Å². The molecule has 0 radical (unpaired) electrons. The molecule has 2 saturated carbocycles. The van der Waals surface area contributed by atoms with Gasteiger partial charge in [-0.15, -0.1) is 5.10 Å². The molecule has 0 aliphatic heterocycles. The first kappa shape index (κ1) is 15.4. The number of tetrazole rings is 1. The van der Waals surface area contributed by atoms with Gasteiger partial charge in [0.05, 0.1) is 12.6 Å². The third-order valence-electron chi connectivity index (χ3n) is 5.12. The first-order valence-electron chi connectivity index (χ1n) is 8.86. The van der Waals surface area contributed by atoms with E-state index < -0.39 is 0 Å². The zero-order chi connectivity index (χ0) is 15.2. The fourth-order valence-electron chi connectivity index (χ4n) is 3.84. The number of carbonyl (C=O) groups is 1. The van der Waals surface area contributed by atoms with Crippen molar-refractivity contribution in [3.63, 3.8) is 0 Å². The van der Waals surface area contributed by atoms with E-state index in [0.717, 1.165) is 18.7 Å². The number of hydrogen-bond donors (Lipinski definition) is 1. The van der Waals surface area contributed by atoms with Crippen LogP contribution in [-0.4, -0.2) is 26.1 Å². The minimum absolute atomic E-state index is 0.144. The first-order chi connectivity index (χ1) is 10.8. The third-order valence-corrected chi connectivity index (χ3v) is 5.12. The summed E-state index contributed by atoms with van der Waals surface area (Å²) in [6.45, 7) is 0.453. The molecule has 6 heteroatoms. The van der Waals surface area contributed by atoms with Crippen molar-refractivity contribution in [2.75, 3.05) is 0 Å². The second-order valence-electron chi connectivity index (χ2n) is 6.82. The van der Waals surface area contributed by atoms with E-state index in [4.69, 9.17) is 0 Å². The number of nitrogens with zero attached hydrogens (tertiary/aromatic N) is 4. The lowest BCUT2D eigenvalue weighted by Gasteiger charge is -2.23. The molecular formula is C16H27N5O. The van der Waals surface area contributed by atoms with Crippen molar-refractivity contribution >= 4 is 5.91 Å². The van der Waals surface area contributed by atoms with Gasteiger partial charge in [0.1, 0.15) is 0 Å². The maximum atomic E-state index is 12.1. The molecule has 0 saturated heterocycles. The van der Waals surface area contributed by atoms with Gasteiger partial charge in [0.15, 0.2) is 5.82 Å². The molecule has 0 atom stereocenters. The smallest absolute Gasteiger partial charge is 0.220 e. The van der Waals surface area contributed by atoms with E-state index in [2.05, 4.69) is 20.8 Å². The second-order valence-corrected chi connectivity index (χ2v) is 6.82. The molecule has 1 aromatic heterocycles. The molecule has 3 rings (SSSR count). The lowest BCUT2D eigenvalue weighted by atomic mass is 9.87. The molecule has 6 nitrogen and oxygen atoms in total. The van der Waals surface area contributed by atoms with E-state index in [1.807, 2.05) is 4.68 Å². The number of aromatic nitrogens is 4. The highest BCUT2D eigenvalue weighted by molar-refractivity contribution is 5.76. The van der Waals surface area contributed by atoms with Gasteiger partial charge in [-0.3, -0.25) is 4.79 Å². The molecular weight excluding hydrogens is 278 g/mol. The van der Waals surface area contributed by atoms with Crippen molar-refractivity contribution in [3.05, 3.63) is 5.82 Å². The van der Waals surface area contributed by atoms with Gasteiger partial charge in [0, 0.05) is 6.42 Å². The maximum absolute atomic E-state index is 12.1. The number of amides is 1. The molecule has 2 aliphatic carbocycles.